The maximum atomic E-state index is 12.0. The minimum atomic E-state index is -1.11. The van der Waals surface area contributed by atoms with Crippen molar-refractivity contribution < 1.29 is 14.3 Å². The molecule has 6 heteroatoms. The second-order valence-corrected chi connectivity index (χ2v) is 10.6. The molecule has 1 unspecified atom stereocenters. The van der Waals surface area contributed by atoms with E-state index in [0.717, 1.165) is 66.0 Å². The number of aliphatic hydroxyl groups is 1. The van der Waals surface area contributed by atoms with Gasteiger partial charge in [0, 0.05) is 6.42 Å². The Balaban J connectivity index is 1.42. The summed E-state index contributed by atoms with van der Waals surface area (Å²) in [6, 6.07) is 20.0. The first-order valence-corrected chi connectivity index (χ1v) is 12.9. The lowest BCUT2D eigenvalue weighted by atomic mass is 9.73. The van der Waals surface area contributed by atoms with Crippen LogP contribution in [0.15, 0.2) is 60.7 Å². The SMILES string of the molecule is C[N+](C)(CCCOc1ccccc1)Cc1nc(C(O)(c2ccccc2)C2CCCCC2)ns1. The molecule has 1 aromatic heterocycles. The van der Waals surface area contributed by atoms with Gasteiger partial charge in [-0.25, -0.2) is 4.98 Å². The Bertz CT molecular complexity index is 987. The molecule has 176 valence electrons. The van der Waals surface area contributed by atoms with Gasteiger partial charge in [-0.2, -0.15) is 4.37 Å². The lowest BCUT2D eigenvalue weighted by molar-refractivity contribution is -0.903. The molecule has 2 aromatic carbocycles. The van der Waals surface area contributed by atoms with Crippen molar-refractivity contribution >= 4 is 11.5 Å². The molecule has 33 heavy (non-hydrogen) atoms. The third kappa shape index (κ3) is 5.99. The molecular weight excluding hydrogens is 430 g/mol. The van der Waals surface area contributed by atoms with Crippen LogP contribution in [0.1, 0.15) is 54.9 Å². The Labute approximate surface area is 201 Å². The smallest absolute Gasteiger partial charge is 0.179 e. The van der Waals surface area contributed by atoms with Crippen molar-refractivity contribution in [2.24, 2.45) is 5.92 Å². The van der Waals surface area contributed by atoms with Gasteiger partial charge in [-0.15, -0.1) is 0 Å². The van der Waals surface area contributed by atoms with Crippen LogP contribution < -0.4 is 4.74 Å². The fourth-order valence-electron chi connectivity index (χ4n) is 4.88. The standard InChI is InChI=1S/C27H36N3O2S/c1-30(2,19-12-20-32-24-17-10-5-11-18-24)21-25-28-26(29-33-25)27(31,22-13-6-3-7-14-22)23-15-8-4-9-16-23/h3,5-7,10-11,13-14,17-18,23,31H,4,8-9,12,15-16,19-21H2,1-2H3/q+1. The number of hydrogen-bond acceptors (Lipinski definition) is 5. The molecule has 1 heterocycles. The average Bonchev–Trinajstić information content (AvgIpc) is 3.31. The van der Waals surface area contributed by atoms with E-state index in [4.69, 9.17) is 14.1 Å². The molecule has 1 fully saturated rings. The molecule has 1 saturated carbocycles. The summed E-state index contributed by atoms with van der Waals surface area (Å²) in [5, 5.41) is 13.0. The monoisotopic (exact) mass is 466 g/mol. The minimum Gasteiger partial charge on any atom is -0.493 e. The first-order valence-electron chi connectivity index (χ1n) is 12.1. The Morgan fingerprint density at radius 1 is 1.00 bits per heavy atom. The van der Waals surface area contributed by atoms with Crippen molar-refractivity contribution in [3.05, 3.63) is 77.1 Å². The summed E-state index contributed by atoms with van der Waals surface area (Å²) in [6.07, 6.45) is 6.56. The molecule has 1 aliphatic carbocycles. The van der Waals surface area contributed by atoms with Gasteiger partial charge >= 0.3 is 0 Å². The highest BCUT2D eigenvalue weighted by Crippen LogP contribution is 2.43. The van der Waals surface area contributed by atoms with Crippen LogP contribution >= 0.6 is 11.5 Å². The predicted octanol–water partition coefficient (Wildman–Crippen LogP) is 5.40. The molecule has 0 bridgehead atoms. The number of hydrogen-bond donors (Lipinski definition) is 1. The van der Waals surface area contributed by atoms with E-state index in [1.54, 1.807) is 0 Å². The number of nitrogens with zero attached hydrogens (tertiary/aromatic N) is 3. The molecule has 5 nitrogen and oxygen atoms in total. The summed E-state index contributed by atoms with van der Waals surface area (Å²) in [5.41, 5.74) is -0.204. The fraction of sp³-hybridized carbons (Fsp3) is 0.481. The van der Waals surface area contributed by atoms with Crippen molar-refractivity contribution in [2.75, 3.05) is 27.2 Å². The second-order valence-electron chi connectivity index (χ2n) is 9.81. The summed E-state index contributed by atoms with van der Waals surface area (Å²) < 4.78 is 11.4. The second kappa shape index (κ2) is 10.8. The van der Waals surface area contributed by atoms with Crippen LogP contribution in [0.5, 0.6) is 5.75 Å². The topological polar surface area (TPSA) is 55.2 Å². The summed E-state index contributed by atoms with van der Waals surface area (Å²) in [4.78, 5) is 4.91. The van der Waals surface area contributed by atoms with Crippen molar-refractivity contribution in [1.82, 2.24) is 9.36 Å². The number of para-hydroxylation sites is 1. The highest BCUT2D eigenvalue weighted by atomic mass is 32.1. The van der Waals surface area contributed by atoms with E-state index in [9.17, 15) is 5.11 Å². The molecule has 0 spiro atoms. The number of rotatable bonds is 10. The molecule has 0 aliphatic heterocycles. The van der Waals surface area contributed by atoms with Crippen molar-refractivity contribution in [3.63, 3.8) is 0 Å². The molecule has 1 aliphatic rings. The van der Waals surface area contributed by atoms with Gasteiger partial charge in [0.15, 0.2) is 16.4 Å². The summed E-state index contributed by atoms with van der Waals surface area (Å²) in [6.45, 7) is 2.47. The van der Waals surface area contributed by atoms with Gasteiger partial charge < -0.3 is 14.3 Å². The maximum absolute atomic E-state index is 12.0. The molecule has 4 rings (SSSR count). The largest absolute Gasteiger partial charge is 0.493 e. The highest BCUT2D eigenvalue weighted by molar-refractivity contribution is 7.05. The summed E-state index contributed by atoms with van der Waals surface area (Å²) in [5.74, 6) is 1.65. The zero-order valence-corrected chi connectivity index (χ0v) is 20.6. The normalized spacial score (nSPS) is 16.9. The van der Waals surface area contributed by atoms with Crippen LogP contribution in [0.4, 0.5) is 0 Å². The molecular formula is C27H36N3O2S+. The van der Waals surface area contributed by atoms with Crippen LogP contribution in [0.2, 0.25) is 0 Å². The molecule has 0 saturated heterocycles. The van der Waals surface area contributed by atoms with E-state index in [1.165, 1.54) is 18.0 Å². The van der Waals surface area contributed by atoms with E-state index in [-0.39, 0.29) is 5.92 Å². The highest BCUT2D eigenvalue weighted by Gasteiger charge is 2.44. The molecule has 0 radical (unpaired) electrons. The van der Waals surface area contributed by atoms with Crippen LogP contribution in [-0.2, 0) is 12.1 Å². The molecule has 3 aromatic rings. The summed E-state index contributed by atoms with van der Waals surface area (Å²) >= 11 is 1.43. The van der Waals surface area contributed by atoms with Gasteiger partial charge in [-0.05, 0) is 48.0 Å². The first kappa shape index (κ1) is 23.9. The van der Waals surface area contributed by atoms with Crippen LogP contribution in [0.25, 0.3) is 0 Å². The van der Waals surface area contributed by atoms with Gasteiger partial charge in [0.05, 0.1) is 27.2 Å². The number of aromatic nitrogens is 2. The van der Waals surface area contributed by atoms with Gasteiger partial charge in [-0.1, -0.05) is 67.8 Å². The van der Waals surface area contributed by atoms with Gasteiger partial charge in [-0.3, -0.25) is 0 Å². The lowest BCUT2D eigenvalue weighted by Gasteiger charge is -2.37. The van der Waals surface area contributed by atoms with E-state index < -0.39 is 5.60 Å². The first-order chi connectivity index (χ1) is 16.0. The Morgan fingerprint density at radius 3 is 2.36 bits per heavy atom. The van der Waals surface area contributed by atoms with E-state index in [1.807, 2.05) is 60.7 Å². The van der Waals surface area contributed by atoms with Crippen LogP contribution in [0.3, 0.4) is 0 Å². The maximum Gasteiger partial charge on any atom is 0.179 e. The van der Waals surface area contributed by atoms with Crippen molar-refractivity contribution in [3.8, 4) is 5.75 Å². The quantitative estimate of drug-likeness (QED) is 0.321. The lowest BCUT2D eigenvalue weighted by Crippen LogP contribution is -2.40. The number of quaternary nitrogens is 1. The third-order valence-electron chi connectivity index (χ3n) is 6.70. The zero-order valence-electron chi connectivity index (χ0n) is 19.8. The minimum absolute atomic E-state index is 0.161. The van der Waals surface area contributed by atoms with Gasteiger partial charge in [0.1, 0.15) is 12.3 Å². The zero-order chi connectivity index (χ0) is 23.2. The van der Waals surface area contributed by atoms with E-state index >= 15 is 0 Å². The average molecular weight is 467 g/mol. The Morgan fingerprint density at radius 2 is 1.67 bits per heavy atom. The Kier molecular flexibility index (Phi) is 7.78. The van der Waals surface area contributed by atoms with Gasteiger partial charge in [0.25, 0.3) is 0 Å². The van der Waals surface area contributed by atoms with Crippen LogP contribution in [-0.4, -0.2) is 46.2 Å². The van der Waals surface area contributed by atoms with E-state index in [0.29, 0.717) is 12.4 Å². The number of ether oxygens (including phenoxy) is 1. The fourth-order valence-corrected chi connectivity index (χ4v) is 5.78. The van der Waals surface area contributed by atoms with E-state index in [2.05, 4.69) is 14.1 Å². The molecule has 1 N–H and O–H groups in total. The molecule has 1 atom stereocenters. The van der Waals surface area contributed by atoms with Gasteiger partial charge in [0.2, 0.25) is 0 Å². The predicted molar refractivity (Wildman–Crippen MR) is 133 cm³/mol. The summed E-state index contributed by atoms with van der Waals surface area (Å²) in [7, 11) is 4.43. The molecule has 0 amide bonds. The third-order valence-corrected chi connectivity index (χ3v) is 7.40. The van der Waals surface area contributed by atoms with Crippen LogP contribution in [0, 0.1) is 5.92 Å². The Hall–Kier alpha value is -2.28. The number of benzene rings is 2. The van der Waals surface area contributed by atoms with Crippen molar-refractivity contribution in [1.29, 1.82) is 0 Å². The van der Waals surface area contributed by atoms with Crippen molar-refractivity contribution in [2.45, 2.75) is 50.7 Å².